The maximum absolute atomic E-state index is 13.9. The molecular formula is C23H28Cl2FN3O2. The molecule has 4 rings (SSSR count). The summed E-state index contributed by atoms with van der Waals surface area (Å²) >= 11 is 0. The van der Waals surface area contributed by atoms with E-state index in [1.165, 1.54) is 6.07 Å². The van der Waals surface area contributed by atoms with Crippen molar-refractivity contribution in [2.75, 3.05) is 50.8 Å². The first-order valence-electron chi connectivity index (χ1n) is 10.1. The smallest absolute Gasteiger partial charge is 0.137 e. The maximum Gasteiger partial charge on any atom is 0.137 e. The molecule has 3 aromatic rings. The highest BCUT2D eigenvalue weighted by atomic mass is 35.5. The third-order valence-electron chi connectivity index (χ3n) is 5.40. The number of anilines is 1. The van der Waals surface area contributed by atoms with Gasteiger partial charge in [-0.15, -0.1) is 24.8 Å². The van der Waals surface area contributed by atoms with Crippen molar-refractivity contribution in [3.63, 3.8) is 0 Å². The molecule has 1 N–H and O–H groups in total. The van der Waals surface area contributed by atoms with Gasteiger partial charge in [0.25, 0.3) is 0 Å². The molecule has 0 bridgehead atoms. The molecule has 1 aliphatic rings. The molecule has 0 atom stereocenters. The van der Waals surface area contributed by atoms with Gasteiger partial charge in [0.15, 0.2) is 0 Å². The first-order chi connectivity index (χ1) is 14.2. The van der Waals surface area contributed by atoms with Crippen LogP contribution in [0.3, 0.4) is 0 Å². The number of hydrogen-bond donors (Lipinski definition) is 1. The van der Waals surface area contributed by atoms with Gasteiger partial charge in [-0.05, 0) is 60.5 Å². The fraction of sp³-hybridized carbons (Fsp3) is 0.348. The molecule has 5 nitrogen and oxygen atoms in total. The molecule has 8 heteroatoms. The van der Waals surface area contributed by atoms with E-state index in [0.29, 0.717) is 5.75 Å². The first kappa shape index (κ1) is 25.1. The number of aliphatic hydroxyl groups is 1. The molecule has 0 aliphatic carbocycles. The molecular weight excluding hydrogens is 440 g/mol. The molecule has 1 aliphatic heterocycles. The van der Waals surface area contributed by atoms with Gasteiger partial charge in [-0.1, -0.05) is 6.92 Å². The Bertz CT molecular complexity index is 980. The van der Waals surface area contributed by atoms with Crippen LogP contribution in [0.15, 0.2) is 48.5 Å². The molecule has 0 spiro atoms. The number of likely N-dealkylation sites (N-methyl/N-ethyl adjacent to an activating group) is 1. The van der Waals surface area contributed by atoms with Gasteiger partial charge in [0, 0.05) is 37.1 Å². The minimum Gasteiger partial charge on any atom is -0.491 e. The zero-order valence-electron chi connectivity index (χ0n) is 17.5. The van der Waals surface area contributed by atoms with Gasteiger partial charge in [-0.3, -0.25) is 0 Å². The van der Waals surface area contributed by atoms with Crippen molar-refractivity contribution in [3.05, 3.63) is 54.3 Å². The summed E-state index contributed by atoms with van der Waals surface area (Å²) < 4.78 is 19.4. The van der Waals surface area contributed by atoms with Crippen molar-refractivity contribution < 1.29 is 14.2 Å². The summed E-state index contributed by atoms with van der Waals surface area (Å²) in [5.74, 6) is 1.36. The molecule has 1 aromatic heterocycles. The molecule has 1 saturated heterocycles. The topological polar surface area (TPSA) is 48.8 Å². The van der Waals surface area contributed by atoms with E-state index in [2.05, 4.69) is 16.7 Å². The van der Waals surface area contributed by atoms with Crippen LogP contribution >= 0.6 is 24.8 Å². The summed E-state index contributed by atoms with van der Waals surface area (Å²) in [7, 11) is 0. The highest BCUT2D eigenvalue weighted by molar-refractivity contribution is 5.95. The van der Waals surface area contributed by atoms with Crippen LogP contribution in [0, 0.1) is 5.82 Å². The lowest BCUT2D eigenvalue weighted by Crippen LogP contribution is -2.46. The van der Waals surface area contributed by atoms with Crippen molar-refractivity contribution >= 4 is 41.4 Å². The van der Waals surface area contributed by atoms with E-state index in [-0.39, 0.29) is 43.8 Å². The third kappa shape index (κ3) is 5.77. The van der Waals surface area contributed by atoms with Crippen LogP contribution in [0.25, 0.3) is 22.0 Å². The number of pyridine rings is 1. The number of fused-ring (bicyclic) bond motifs is 1. The number of nitrogens with zero attached hydrogens (tertiary/aromatic N) is 3. The van der Waals surface area contributed by atoms with Crippen molar-refractivity contribution in [2.45, 2.75) is 6.92 Å². The molecule has 2 aromatic carbocycles. The fourth-order valence-electron chi connectivity index (χ4n) is 3.76. The third-order valence-corrected chi connectivity index (χ3v) is 5.40. The molecule has 31 heavy (non-hydrogen) atoms. The monoisotopic (exact) mass is 467 g/mol. The van der Waals surface area contributed by atoms with Gasteiger partial charge in [-0.2, -0.15) is 0 Å². The second-order valence-corrected chi connectivity index (χ2v) is 7.21. The number of aliphatic hydroxyl groups excluding tert-OH is 1. The van der Waals surface area contributed by atoms with Crippen molar-refractivity contribution in [1.82, 2.24) is 9.88 Å². The van der Waals surface area contributed by atoms with Crippen LogP contribution in [0.2, 0.25) is 0 Å². The maximum atomic E-state index is 13.9. The largest absolute Gasteiger partial charge is 0.491 e. The zero-order valence-corrected chi connectivity index (χ0v) is 19.1. The summed E-state index contributed by atoms with van der Waals surface area (Å²) in [6.45, 7) is 7.30. The minimum atomic E-state index is -0.246. The number of ether oxygens (including phenoxy) is 1. The van der Waals surface area contributed by atoms with Gasteiger partial charge in [0.05, 0.1) is 12.3 Å². The summed E-state index contributed by atoms with van der Waals surface area (Å²) in [6.07, 6.45) is 0. The number of piperazine rings is 1. The molecule has 1 fully saturated rings. The summed E-state index contributed by atoms with van der Waals surface area (Å²) in [6, 6.07) is 14.5. The second kappa shape index (κ2) is 11.5. The first-order valence-corrected chi connectivity index (χ1v) is 10.1. The van der Waals surface area contributed by atoms with Crippen LogP contribution in [-0.4, -0.2) is 60.9 Å². The zero-order chi connectivity index (χ0) is 20.2. The lowest BCUT2D eigenvalue weighted by Gasteiger charge is -2.35. The Labute approximate surface area is 194 Å². The Hall–Kier alpha value is -2.12. The second-order valence-electron chi connectivity index (χ2n) is 7.21. The van der Waals surface area contributed by atoms with Crippen LogP contribution in [0.4, 0.5) is 10.2 Å². The molecule has 168 valence electrons. The summed E-state index contributed by atoms with van der Waals surface area (Å²) in [5.41, 5.74) is 1.76. The lowest BCUT2D eigenvalue weighted by atomic mass is 10.1. The predicted molar refractivity (Wildman–Crippen MR) is 129 cm³/mol. The Balaban J connectivity index is 0.00000171. The van der Waals surface area contributed by atoms with E-state index in [9.17, 15) is 4.39 Å². The quantitative estimate of drug-likeness (QED) is 0.582. The van der Waals surface area contributed by atoms with Crippen LogP contribution in [0.5, 0.6) is 5.75 Å². The lowest BCUT2D eigenvalue weighted by molar-refractivity contribution is 0.201. The SMILES string of the molecule is CCN1CCN(c2nc(-c3ccc(OCCO)cc3)cc3cc(F)ccc23)CC1.Cl.Cl. The Morgan fingerprint density at radius 3 is 2.35 bits per heavy atom. The molecule has 0 unspecified atom stereocenters. The number of rotatable bonds is 6. The fourth-order valence-corrected chi connectivity index (χ4v) is 3.76. The van der Waals surface area contributed by atoms with E-state index in [4.69, 9.17) is 14.8 Å². The van der Waals surface area contributed by atoms with Crippen molar-refractivity contribution in [2.24, 2.45) is 0 Å². The normalized spacial score (nSPS) is 14.1. The number of benzene rings is 2. The van der Waals surface area contributed by atoms with Crippen LogP contribution in [0.1, 0.15) is 6.92 Å². The summed E-state index contributed by atoms with van der Waals surface area (Å²) in [5, 5.41) is 10.7. The number of hydrogen-bond acceptors (Lipinski definition) is 5. The molecule has 0 saturated carbocycles. The van der Waals surface area contributed by atoms with E-state index in [1.807, 2.05) is 36.4 Å². The highest BCUT2D eigenvalue weighted by Gasteiger charge is 2.20. The molecule has 0 amide bonds. The van der Waals surface area contributed by atoms with Gasteiger partial charge >= 0.3 is 0 Å². The number of halogens is 3. The van der Waals surface area contributed by atoms with E-state index in [0.717, 1.165) is 60.6 Å². The van der Waals surface area contributed by atoms with Gasteiger partial charge in [-0.25, -0.2) is 9.37 Å². The van der Waals surface area contributed by atoms with E-state index in [1.54, 1.807) is 6.07 Å². The molecule has 2 heterocycles. The van der Waals surface area contributed by atoms with Gasteiger partial charge in [0.1, 0.15) is 24.0 Å². The minimum absolute atomic E-state index is 0. The van der Waals surface area contributed by atoms with Gasteiger partial charge < -0.3 is 19.6 Å². The van der Waals surface area contributed by atoms with Crippen molar-refractivity contribution in [1.29, 1.82) is 0 Å². The van der Waals surface area contributed by atoms with Crippen molar-refractivity contribution in [3.8, 4) is 17.0 Å². The predicted octanol–water partition coefficient (Wildman–Crippen LogP) is 4.40. The van der Waals surface area contributed by atoms with Crippen LogP contribution < -0.4 is 9.64 Å². The Kier molecular flexibility index (Phi) is 9.32. The van der Waals surface area contributed by atoms with E-state index < -0.39 is 0 Å². The molecule has 0 radical (unpaired) electrons. The highest BCUT2D eigenvalue weighted by Crippen LogP contribution is 2.32. The van der Waals surface area contributed by atoms with E-state index >= 15 is 0 Å². The van der Waals surface area contributed by atoms with Crippen LogP contribution in [-0.2, 0) is 0 Å². The average Bonchev–Trinajstić information content (AvgIpc) is 2.77. The Morgan fingerprint density at radius 1 is 1.00 bits per heavy atom. The summed E-state index contributed by atoms with van der Waals surface area (Å²) in [4.78, 5) is 9.70. The van der Waals surface area contributed by atoms with Gasteiger partial charge in [0.2, 0.25) is 0 Å². The average molecular weight is 468 g/mol. The standard InChI is InChI=1S/C23H26FN3O2.2ClH/c1-2-26-9-11-27(12-10-26)23-21-8-5-19(24)15-18(21)16-22(25-23)17-3-6-20(7-4-17)29-14-13-28;;/h3-8,15-16,28H,2,9-14H2,1H3;2*1H. The number of aromatic nitrogens is 1. The Morgan fingerprint density at radius 2 is 1.71 bits per heavy atom.